The fraction of sp³-hybridized carbons (Fsp3) is 0.438. The first kappa shape index (κ1) is 14.4. The van der Waals surface area contributed by atoms with Gasteiger partial charge in [-0.15, -0.1) is 6.42 Å². The summed E-state index contributed by atoms with van der Waals surface area (Å²) >= 11 is 0. The summed E-state index contributed by atoms with van der Waals surface area (Å²) in [6.07, 6.45) is 9.83. The van der Waals surface area contributed by atoms with E-state index in [2.05, 4.69) is 11.2 Å². The molecule has 4 heteroatoms. The van der Waals surface area contributed by atoms with E-state index in [1.54, 1.807) is 6.07 Å². The van der Waals surface area contributed by atoms with Crippen LogP contribution in [-0.4, -0.2) is 19.1 Å². The zero-order valence-electron chi connectivity index (χ0n) is 11.3. The Morgan fingerprint density at radius 1 is 1.45 bits per heavy atom. The second kappa shape index (κ2) is 6.95. The summed E-state index contributed by atoms with van der Waals surface area (Å²) in [6.45, 7) is 0.667. The number of rotatable bonds is 5. The van der Waals surface area contributed by atoms with Crippen molar-refractivity contribution in [2.24, 2.45) is 5.92 Å². The van der Waals surface area contributed by atoms with E-state index in [0.29, 0.717) is 18.0 Å². The van der Waals surface area contributed by atoms with Crippen LogP contribution in [0.3, 0.4) is 0 Å². The van der Waals surface area contributed by atoms with Crippen LogP contribution in [0.5, 0.6) is 5.75 Å². The van der Waals surface area contributed by atoms with Gasteiger partial charge in [0.1, 0.15) is 6.61 Å². The van der Waals surface area contributed by atoms with Gasteiger partial charge in [0.2, 0.25) is 0 Å². The van der Waals surface area contributed by atoms with Gasteiger partial charge in [-0.05, 0) is 37.0 Å². The molecule has 0 aromatic heterocycles. The summed E-state index contributed by atoms with van der Waals surface area (Å²) in [7, 11) is 0. The Balaban J connectivity index is 1.92. The number of ether oxygens (including phenoxy) is 1. The molecule has 1 amide bonds. The van der Waals surface area contributed by atoms with Crippen LogP contribution in [0.2, 0.25) is 0 Å². The lowest BCUT2D eigenvalue weighted by Crippen LogP contribution is -2.28. The van der Waals surface area contributed by atoms with Crippen molar-refractivity contribution in [3.63, 3.8) is 0 Å². The number of carbonyl (C=O) groups is 1. The van der Waals surface area contributed by atoms with E-state index < -0.39 is 5.82 Å². The first-order valence-electron chi connectivity index (χ1n) is 6.84. The molecule has 0 bridgehead atoms. The molecule has 1 aromatic rings. The minimum absolute atomic E-state index is 0.00411. The van der Waals surface area contributed by atoms with Gasteiger partial charge in [-0.1, -0.05) is 18.8 Å². The van der Waals surface area contributed by atoms with Crippen molar-refractivity contribution in [3.05, 3.63) is 29.6 Å². The number of benzene rings is 1. The number of terminal acetylenes is 1. The monoisotopic (exact) mass is 275 g/mol. The van der Waals surface area contributed by atoms with Crippen LogP contribution in [0, 0.1) is 24.1 Å². The van der Waals surface area contributed by atoms with Crippen LogP contribution in [0.15, 0.2) is 18.2 Å². The SMILES string of the molecule is C#CCOc1ccc(C(=O)NCC2CCCC2)cc1F. The molecule has 0 saturated heterocycles. The van der Waals surface area contributed by atoms with Crippen molar-refractivity contribution in [1.82, 2.24) is 5.32 Å². The molecule has 2 rings (SSSR count). The number of nitrogens with one attached hydrogen (secondary N) is 1. The van der Waals surface area contributed by atoms with E-state index in [9.17, 15) is 9.18 Å². The lowest BCUT2D eigenvalue weighted by Gasteiger charge is -2.11. The molecule has 0 radical (unpaired) electrons. The maximum absolute atomic E-state index is 13.7. The Labute approximate surface area is 118 Å². The summed E-state index contributed by atoms with van der Waals surface area (Å²) in [5, 5.41) is 2.85. The largest absolute Gasteiger partial charge is 0.478 e. The van der Waals surface area contributed by atoms with E-state index in [1.807, 2.05) is 0 Å². The summed E-state index contributed by atoms with van der Waals surface area (Å²) < 4.78 is 18.7. The van der Waals surface area contributed by atoms with Crippen LogP contribution in [0.4, 0.5) is 4.39 Å². The predicted octanol–water partition coefficient (Wildman–Crippen LogP) is 2.76. The molecular weight excluding hydrogens is 257 g/mol. The highest BCUT2D eigenvalue weighted by molar-refractivity contribution is 5.94. The minimum atomic E-state index is -0.575. The number of halogens is 1. The quantitative estimate of drug-likeness (QED) is 0.839. The topological polar surface area (TPSA) is 38.3 Å². The number of amides is 1. The Hall–Kier alpha value is -2.02. The van der Waals surface area contributed by atoms with Crippen LogP contribution < -0.4 is 10.1 Å². The Morgan fingerprint density at radius 3 is 2.85 bits per heavy atom. The van der Waals surface area contributed by atoms with Crippen molar-refractivity contribution in [2.75, 3.05) is 13.2 Å². The highest BCUT2D eigenvalue weighted by atomic mass is 19.1. The first-order chi connectivity index (χ1) is 9.70. The van der Waals surface area contributed by atoms with Gasteiger partial charge in [0, 0.05) is 12.1 Å². The molecular formula is C16H18FNO2. The van der Waals surface area contributed by atoms with Gasteiger partial charge in [0.25, 0.3) is 5.91 Å². The van der Waals surface area contributed by atoms with E-state index in [1.165, 1.54) is 25.0 Å². The Kier molecular flexibility index (Phi) is 5.00. The average Bonchev–Trinajstić information content (AvgIpc) is 2.96. The molecule has 0 spiro atoms. The molecule has 1 aliphatic rings. The molecule has 106 valence electrons. The molecule has 0 unspecified atom stereocenters. The van der Waals surface area contributed by atoms with E-state index in [-0.39, 0.29) is 18.3 Å². The molecule has 1 aliphatic carbocycles. The molecule has 1 saturated carbocycles. The Bertz CT molecular complexity index is 516. The zero-order valence-corrected chi connectivity index (χ0v) is 11.3. The van der Waals surface area contributed by atoms with Crippen molar-refractivity contribution in [3.8, 4) is 18.1 Å². The van der Waals surface area contributed by atoms with Gasteiger partial charge in [-0.2, -0.15) is 0 Å². The van der Waals surface area contributed by atoms with Crippen molar-refractivity contribution in [1.29, 1.82) is 0 Å². The van der Waals surface area contributed by atoms with Crippen molar-refractivity contribution >= 4 is 5.91 Å². The number of hydrogen-bond acceptors (Lipinski definition) is 2. The Morgan fingerprint density at radius 2 is 2.20 bits per heavy atom. The maximum Gasteiger partial charge on any atom is 0.251 e. The molecule has 1 N–H and O–H groups in total. The molecule has 1 fully saturated rings. The molecule has 3 nitrogen and oxygen atoms in total. The third kappa shape index (κ3) is 3.74. The summed E-state index contributed by atoms with van der Waals surface area (Å²) in [4.78, 5) is 11.9. The average molecular weight is 275 g/mol. The lowest BCUT2D eigenvalue weighted by molar-refractivity contribution is 0.0947. The van der Waals surface area contributed by atoms with Crippen LogP contribution in [0.1, 0.15) is 36.0 Å². The maximum atomic E-state index is 13.7. The van der Waals surface area contributed by atoms with Crippen molar-refractivity contribution < 1.29 is 13.9 Å². The number of carbonyl (C=O) groups excluding carboxylic acids is 1. The molecule has 1 aromatic carbocycles. The summed E-state index contributed by atoms with van der Waals surface area (Å²) in [6, 6.07) is 4.14. The predicted molar refractivity (Wildman–Crippen MR) is 75.0 cm³/mol. The first-order valence-corrected chi connectivity index (χ1v) is 6.84. The van der Waals surface area contributed by atoms with Crippen LogP contribution in [0.25, 0.3) is 0 Å². The summed E-state index contributed by atoms with van der Waals surface area (Å²) in [5.74, 6) is 2.06. The molecule has 0 atom stereocenters. The fourth-order valence-electron chi connectivity index (χ4n) is 2.43. The van der Waals surface area contributed by atoms with Crippen LogP contribution >= 0.6 is 0 Å². The van der Waals surface area contributed by atoms with Gasteiger partial charge in [0.15, 0.2) is 11.6 Å². The van der Waals surface area contributed by atoms with E-state index in [4.69, 9.17) is 11.2 Å². The summed E-state index contributed by atoms with van der Waals surface area (Å²) in [5.41, 5.74) is 0.300. The minimum Gasteiger partial charge on any atom is -0.478 e. The fourth-order valence-corrected chi connectivity index (χ4v) is 2.43. The van der Waals surface area contributed by atoms with Gasteiger partial charge in [-0.25, -0.2) is 4.39 Å². The standard InChI is InChI=1S/C16H18FNO2/c1-2-9-20-15-8-7-13(10-14(15)17)16(19)18-11-12-5-3-4-6-12/h1,7-8,10,12H,3-6,9,11H2,(H,18,19). The second-order valence-electron chi connectivity index (χ2n) is 5.00. The molecule has 0 heterocycles. The third-order valence-corrected chi connectivity index (χ3v) is 3.53. The second-order valence-corrected chi connectivity index (χ2v) is 5.00. The number of hydrogen-bond donors (Lipinski definition) is 1. The van der Waals surface area contributed by atoms with Gasteiger partial charge in [0.05, 0.1) is 0 Å². The molecule has 0 aliphatic heterocycles. The third-order valence-electron chi connectivity index (χ3n) is 3.53. The normalized spacial score (nSPS) is 14.8. The van der Waals surface area contributed by atoms with Gasteiger partial charge in [-0.3, -0.25) is 4.79 Å². The molecule has 20 heavy (non-hydrogen) atoms. The van der Waals surface area contributed by atoms with Crippen molar-refractivity contribution in [2.45, 2.75) is 25.7 Å². The van der Waals surface area contributed by atoms with Gasteiger partial charge < -0.3 is 10.1 Å². The van der Waals surface area contributed by atoms with E-state index in [0.717, 1.165) is 12.8 Å². The zero-order chi connectivity index (χ0) is 14.4. The van der Waals surface area contributed by atoms with Gasteiger partial charge >= 0.3 is 0 Å². The smallest absolute Gasteiger partial charge is 0.251 e. The lowest BCUT2D eigenvalue weighted by atomic mass is 10.1. The van der Waals surface area contributed by atoms with Crippen LogP contribution in [-0.2, 0) is 0 Å². The highest BCUT2D eigenvalue weighted by Crippen LogP contribution is 2.24. The highest BCUT2D eigenvalue weighted by Gasteiger charge is 2.16. The van der Waals surface area contributed by atoms with E-state index >= 15 is 0 Å².